The van der Waals surface area contributed by atoms with Crippen molar-refractivity contribution >= 4 is 13.5 Å². The van der Waals surface area contributed by atoms with E-state index >= 15 is 0 Å². The van der Waals surface area contributed by atoms with Crippen molar-refractivity contribution in [2.75, 3.05) is 6.61 Å². The maximum atomic E-state index is 9.61. The molecule has 0 radical (unpaired) electrons. The van der Waals surface area contributed by atoms with Crippen molar-refractivity contribution < 1.29 is 14.3 Å². The summed E-state index contributed by atoms with van der Waals surface area (Å²) in [5.41, 5.74) is 10.9. The van der Waals surface area contributed by atoms with E-state index in [0.717, 1.165) is 40.8 Å². The van der Waals surface area contributed by atoms with Crippen LogP contribution < -0.4 is 10.5 Å². The van der Waals surface area contributed by atoms with Gasteiger partial charge in [0.25, 0.3) is 0 Å². The molecule has 1 aliphatic carbocycles. The number of ether oxygens (including phenoxy) is 1. The highest BCUT2D eigenvalue weighted by molar-refractivity contribution is 7.59. The van der Waals surface area contributed by atoms with Gasteiger partial charge in [-0.3, -0.25) is 0 Å². The summed E-state index contributed by atoms with van der Waals surface area (Å²) in [6.45, 7) is 6.00. The molecular formula is C23H29N3O3S. The van der Waals surface area contributed by atoms with Crippen LogP contribution in [0.5, 0.6) is 5.75 Å². The molecule has 1 aromatic heterocycles. The van der Waals surface area contributed by atoms with Gasteiger partial charge in [-0.2, -0.15) is 13.5 Å². The third-order valence-electron chi connectivity index (χ3n) is 5.41. The first-order valence-electron chi connectivity index (χ1n) is 10.00. The Bertz CT molecular complexity index is 1030. The number of aliphatic hydroxyl groups excluding tert-OH is 1. The minimum atomic E-state index is -0.553. The second kappa shape index (κ2) is 8.79. The zero-order chi connectivity index (χ0) is 20.6. The van der Waals surface area contributed by atoms with E-state index in [4.69, 9.17) is 14.9 Å². The van der Waals surface area contributed by atoms with Crippen LogP contribution in [0, 0.1) is 6.92 Å². The van der Waals surface area contributed by atoms with Gasteiger partial charge in [0, 0.05) is 16.7 Å². The van der Waals surface area contributed by atoms with Gasteiger partial charge in [0.15, 0.2) is 0 Å². The van der Waals surface area contributed by atoms with Crippen LogP contribution in [0.4, 0.5) is 0 Å². The van der Waals surface area contributed by atoms with Crippen molar-refractivity contribution in [3.8, 4) is 28.7 Å². The first kappa shape index (κ1) is 22.3. The largest absolute Gasteiger partial charge is 0.491 e. The molecule has 1 aliphatic rings. The summed E-state index contributed by atoms with van der Waals surface area (Å²) in [4.78, 5) is 0. The van der Waals surface area contributed by atoms with Crippen molar-refractivity contribution in [1.82, 2.24) is 10.2 Å². The second-order valence-electron chi connectivity index (χ2n) is 8.24. The summed E-state index contributed by atoms with van der Waals surface area (Å²) >= 11 is 0. The van der Waals surface area contributed by atoms with Crippen LogP contribution in [-0.4, -0.2) is 33.6 Å². The number of fused-ring (bicyclic) bond motifs is 1. The van der Waals surface area contributed by atoms with Gasteiger partial charge in [-0.05, 0) is 87.1 Å². The molecule has 0 amide bonds. The molecule has 4 rings (SSSR count). The maximum Gasteiger partial charge on any atom is 0.248 e. The Hall–Kier alpha value is -2.35. The lowest BCUT2D eigenvalue weighted by molar-refractivity contribution is 0.181. The van der Waals surface area contributed by atoms with E-state index in [1.807, 2.05) is 51.1 Å². The van der Waals surface area contributed by atoms with E-state index in [-0.39, 0.29) is 26.2 Å². The fourth-order valence-electron chi connectivity index (χ4n) is 3.78. The average molecular weight is 428 g/mol. The number of nitrogens with zero attached hydrogens (tertiary/aromatic N) is 2. The third kappa shape index (κ3) is 4.53. The minimum Gasteiger partial charge on any atom is -0.491 e. The second-order valence-corrected chi connectivity index (χ2v) is 8.24. The highest BCUT2D eigenvalue weighted by Gasteiger charge is 2.30. The smallest absolute Gasteiger partial charge is 0.248 e. The van der Waals surface area contributed by atoms with Gasteiger partial charge in [-0.25, -0.2) is 0 Å². The summed E-state index contributed by atoms with van der Waals surface area (Å²) in [6, 6.07) is 12.0. The van der Waals surface area contributed by atoms with Gasteiger partial charge in [0.1, 0.15) is 5.75 Å². The number of hydrogen-bond acceptors (Lipinski definition) is 6. The third-order valence-corrected chi connectivity index (χ3v) is 5.41. The molecule has 0 fully saturated rings. The van der Waals surface area contributed by atoms with Crippen LogP contribution in [-0.2, 0) is 12.8 Å². The lowest BCUT2D eigenvalue weighted by Gasteiger charge is -2.33. The molecule has 7 heteroatoms. The highest BCUT2D eigenvalue weighted by Crippen LogP contribution is 2.32. The van der Waals surface area contributed by atoms with E-state index in [1.165, 1.54) is 5.56 Å². The number of aliphatic hydroxyl groups is 1. The average Bonchev–Trinajstić information content (AvgIpc) is 3.19. The molecule has 6 nitrogen and oxygen atoms in total. The summed E-state index contributed by atoms with van der Waals surface area (Å²) in [7, 11) is 0. The Morgan fingerprint density at radius 1 is 1.10 bits per heavy atom. The monoisotopic (exact) mass is 427 g/mol. The quantitative estimate of drug-likeness (QED) is 0.643. The van der Waals surface area contributed by atoms with Crippen molar-refractivity contribution in [2.24, 2.45) is 5.73 Å². The lowest BCUT2D eigenvalue weighted by atomic mass is 9.78. The van der Waals surface area contributed by atoms with Crippen LogP contribution >= 0.6 is 13.5 Å². The number of hydrogen-bond donors (Lipinski definition) is 2. The van der Waals surface area contributed by atoms with Gasteiger partial charge < -0.3 is 20.0 Å². The molecule has 1 heterocycles. The van der Waals surface area contributed by atoms with Crippen molar-refractivity contribution in [3.05, 3.63) is 53.1 Å². The predicted octanol–water partition coefficient (Wildman–Crippen LogP) is 3.79. The molecule has 160 valence electrons. The Kier molecular flexibility index (Phi) is 6.55. The molecule has 0 bridgehead atoms. The molecule has 0 spiro atoms. The molecule has 2 aromatic carbocycles. The molecular weight excluding hydrogens is 398 g/mol. The minimum absolute atomic E-state index is 0. The molecule has 1 atom stereocenters. The van der Waals surface area contributed by atoms with Crippen LogP contribution in [0.15, 0.2) is 40.8 Å². The number of nitrogens with two attached hydrogens (primary N) is 1. The van der Waals surface area contributed by atoms with E-state index in [0.29, 0.717) is 18.2 Å². The van der Waals surface area contributed by atoms with Crippen molar-refractivity contribution in [1.29, 1.82) is 0 Å². The van der Waals surface area contributed by atoms with Crippen molar-refractivity contribution in [3.63, 3.8) is 0 Å². The van der Waals surface area contributed by atoms with Crippen molar-refractivity contribution in [2.45, 2.75) is 51.7 Å². The highest BCUT2D eigenvalue weighted by atomic mass is 32.1. The van der Waals surface area contributed by atoms with E-state index < -0.39 is 5.54 Å². The SMILES string of the molecule is Cc1cc(-c2nnc(-c3ccc4c(c3)C[C@](N)(CO)CC4)o2)ccc1OC(C)C.S. The zero-order valence-electron chi connectivity index (χ0n) is 17.6. The summed E-state index contributed by atoms with van der Waals surface area (Å²) in [6.07, 6.45) is 2.42. The fourth-order valence-corrected chi connectivity index (χ4v) is 3.78. The summed E-state index contributed by atoms with van der Waals surface area (Å²) in [5, 5.41) is 18.1. The standard InChI is InChI=1S/C23H27N3O3.H2S/c1-14(2)28-20-7-6-17(10-15(20)3)21-25-26-22(29-21)18-5-4-16-8-9-23(24,13-27)12-19(16)11-18;/h4-7,10-11,14,27H,8-9,12-13,24H2,1-3H3;1H2/t23-;/m0./s1. The Morgan fingerprint density at radius 2 is 1.77 bits per heavy atom. The van der Waals surface area contributed by atoms with E-state index in [1.54, 1.807) is 0 Å². The topological polar surface area (TPSA) is 94.4 Å². The molecule has 0 saturated heterocycles. The number of aryl methyl sites for hydroxylation is 2. The molecule has 3 N–H and O–H groups in total. The van der Waals surface area contributed by atoms with Gasteiger partial charge in [0.2, 0.25) is 11.8 Å². The number of aromatic nitrogens is 2. The molecule has 0 unspecified atom stereocenters. The van der Waals surface area contributed by atoms with Crippen LogP contribution in [0.3, 0.4) is 0 Å². The molecule has 0 saturated carbocycles. The summed E-state index contributed by atoms with van der Waals surface area (Å²) < 4.78 is 11.8. The van der Waals surface area contributed by atoms with Gasteiger partial charge in [-0.15, -0.1) is 10.2 Å². The van der Waals surface area contributed by atoms with Gasteiger partial charge in [-0.1, -0.05) is 6.07 Å². The van der Waals surface area contributed by atoms with Gasteiger partial charge >= 0.3 is 0 Å². The normalized spacial score (nSPS) is 18.1. The molecule has 3 aromatic rings. The first-order chi connectivity index (χ1) is 13.9. The van der Waals surface area contributed by atoms with E-state index in [2.05, 4.69) is 16.3 Å². The molecule has 30 heavy (non-hydrogen) atoms. The Morgan fingerprint density at radius 3 is 2.40 bits per heavy atom. The van der Waals surface area contributed by atoms with Crippen LogP contribution in [0.2, 0.25) is 0 Å². The number of rotatable bonds is 5. The van der Waals surface area contributed by atoms with Crippen LogP contribution in [0.25, 0.3) is 22.9 Å². The summed E-state index contributed by atoms with van der Waals surface area (Å²) in [5.74, 6) is 1.80. The lowest BCUT2D eigenvalue weighted by Crippen LogP contribution is -2.48. The van der Waals surface area contributed by atoms with E-state index in [9.17, 15) is 5.11 Å². The fraction of sp³-hybridized carbons (Fsp3) is 0.391. The Labute approximate surface area is 183 Å². The first-order valence-corrected chi connectivity index (χ1v) is 10.00. The zero-order valence-corrected chi connectivity index (χ0v) is 18.6. The van der Waals surface area contributed by atoms with Crippen LogP contribution in [0.1, 0.15) is 37.0 Å². The molecule has 0 aliphatic heterocycles. The number of benzene rings is 2. The van der Waals surface area contributed by atoms with Gasteiger partial charge in [0.05, 0.1) is 12.7 Å². The predicted molar refractivity (Wildman–Crippen MR) is 122 cm³/mol. The maximum absolute atomic E-state index is 9.61. The Balaban J connectivity index is 0.00000256.